The first kappa shape index (κ1) is 17.3. The molecule has 1 fully saturated rings. The van der Waals surface area contributed by atoms with E-state index < -0.39 is 11.6 Å². The molecule has 1 amide bonds. The van der Waals surface area contributed by atoms with Crippen molar-refractivity contribution in [1.82, 2.24) is 10.3 Å². The van der Waals surface area contributed by atoms with Crippen molar-refractivity contribution < 1.29 is 18.3 Å². The molecule has 132 valence electrons. The SMILES string of the molecule is CC1(NC(=O)c2ccccn2)CC(OCNc2cc(F)cc(F)c2)C1. The van der Waals surface area contributed by atoms with Crippen LogP contribution in [0.15, 0.2) is 42.6 Å². The molecule has 0 atom stereocenters. The lowest BCUT2D eigenvalue weighted by molar-refractivity contribution is -0.0393. The second kappa shape index (κ2) is 7.14. The summed E-state index contributed by atoms with van der Waals surface area (Å²) in [6, 6.07) is 8.39. The Kier molecular flexibility index (Phi) is 4.94. The van der Waals surface area contributed by atoms with E-state index in [2.05, 4.69) is 15.6 Å². The van der Waals surface area contributed by atoms with Gasteiger partial charge in [-0.05, 0) is 44.0 Å². The van der Waals surface area contributed by atoms with Crippen LogP contribution in [0.2, 0.25) is 0 Å². The summed E-state index contributed by atoms with van der Waals surface area (Å²) < 4.78 is 31.8. The van der Waals surface area contributed by atoms with Crippen LogP contribution in [0.3, 0.4) is 0 Å². The monoisotopic (exact) mass is 347 g/mol. The molecule has 1 aliphatic carbocycles. The molecule has 0 unspecified atom stereocenters. The molecule has 0 radical (unpaired) electrons. The van der Waals surface area contributed by atoms with E-state index >= 15 is 0 Å². The third-order valence-electron chi connectivity index (χ3n) is 4.13. The summed E-state index contributed by atoms with van der Waals surface area (Å²) >= 11 is 0. The zero-order valence-corrected chi connectivity index (χ0v) is 13.8. The van der Waals surface area contributed by atoms with E-state index in [0.29, 0.717) is 24.2 Å². The highest BCUT2D eigenvalue weighted by molar-refractivity contribution is 5.92. The van der Waals surface area contributed by atoms with Crippen molar-refractivity contribution in [1.29, 1.82) is 0 Å². The van der Waals surface area contributed by atoms with Gasteiger partial charge in [0.1, 0.15) is 24.1 Å². The van der Waals surface area contributed by atoms with Gasteiger partial charge in [0, 0.05) is 23.5 Å². The van der Waals surface area contributed by atoms with Crippen LogP contribution in [0.25, 0.3) is 0 Å². The molecular weight excluding hydrogens is 328 g/mol. The number of hydrogen-bond donors (Lipinski definition) is 2. The number of nitrogens with zero attached hydrogens (tertiary/aromatic N) is 1. The minimum atomic E-state index is -0.643. The number of ether oxygens (including phenoxy) is 1. The van der Waals surface area contributed by atoms with Gasteiger partial charge in [0.05, 0.1) is 6.10 Å². The summed E-state index contributed by atoms with van der Waals surface area (Å²) in [5, 5.41) is 5.78. The fraction of sp³-hybridized carbons (Fsp3) is 0.333. The average molecular weight is 347 g/mol. The number of rotatable bonds is 6. The molecule has 2 N–H and O–H groups in total. The predicted molar refractivity (Wildman–Crippen MR) is 89.1 cm³/mol. The molecule has 0 spiro atoms. The van der Waals surface area contributed by atoms with Gasteiger partial charge in [0.2, 0.25) is 0 Å². The van der Waals surface area contributed by atoms with Crippen molar-refractivity contribution in [3.05, 3.63) is 59.9 Å². The molecule has 1 aromatic carbocycles. The first-order valence-electron chi connectivity index (χ1n) is 7.99. The molecule has 0 saturated heterocycles. The van der Waals surface area contributed by atoms with Crippen LogP contribution < -0.4 is 10.6 Å². The molecule has 1 saturated carbocycles. The van der Waals surface area contributed by atoms with E-state index in [1.165, 1.54) is 12.1 Å². The highest BCUT2D eigenvalue weighted by atomic mass is 19.1. The predicted octanol–water partition coefficient (Wildman–Crippen LogP) is 3.10. The van der Waals surface area contributed by atoms with Gasteiger partial charge in [0.15, 0.2) is 0 Å². The van der Waals surface area contributed by atoms with Crippen LogP contribution in [0, 0.1) is 11.6 Å². The lowest BCUT2D eigenvalue weighted by Gasteiger charge is -2.45. The maximum absolute atomic E-state index is 13.1. The summed E-state index contributed by atoms with van der Waals surface area (Å²) in [5.41, 5.74) is 0.357. The minimum Gasteiger partial charge on any atom is -0.363 e. The van der Waals surface area contributed by atoms with Gasteiger partial charge in [-0.15, -0.1) is 0 Å². The molecule has 3 rings (SSSR count). The molecule has 1 aliphatic rings. The van der Waals surface area contributed by atoms with Crippen LogP contribution >= 0.6 is 0 Å². The molecule has 2 aromatic rings. The number of carbonyl (C=O) groups is 1. The molecule has 1 aromatic heterocycles. The van der Waals surface area contributed by atoms with E-state index in [1.54, 1.807) is 24.4 Å². The van der Waals surface area contributed by atoms with Gasteiger partial charge < -0.3 is 15.4 Å². The molecule has 5 nitrogen and oxygen atoms in total. The van der Waals surface area contributed by atoms with Gasteiger partial charge in [-0.25, -0.2) is 8.78 Å². The van der Waals surface area contributed by atoms with Crippen molar-refractivity contribution in [2.45, 2.75) is 31.4 Å². The second-order valence-corrected chi connectivity index (χ2v) is 6.41. The van der Waals surface area contributed by atoms with E-state index in [1.807, 2.05) is 6.92 Å². The van der Waals surface area contributed by atoms with Crippen molar-refractivity contribution >= 4 is 11.6 Å². The Bertz CT molecular complexity index is 729. The van der Waals surface area contributed by atoms with E-state index in [-0.39, 0.29) is 24.3 Å². The zero-order valence-electron chi connectivity index (χ0n) is 13.8. The maximum atomic E-state index is 13.1. The summed E-state index contributed by atoms with van der Waals surface area (Å²) in [4.78, 5) is 16.1. The van der Waals surface area contributed by atoms with Crippen LogP contribution in [-0.4, -0.2) is 29.3 Å². The highest BCUT2D eigenvalue weighted by Crippen LogP contribution is 2.34. The van der Waals surface area contributed by atoms with E-state index in [9.17, 15) is 13.6 Å². The Hall–Kier alpha value is -2.54. The molecule has 0 aliphatic heterocycles. The summed E-state index contributed by atoms with van der Waals surface area (Å²) in [7, 11) is 0. The lowest BCUT2D eigenvalue weighted by atomic mass is 9.75. The second-order valence-electron chi connectivity index (χ2n) is 6.41. The number of benzene rings is 1. The topological polar surface area (TPSA) is 63.2 Å². The van der Waals surface area contributed by atoms with E-state index in [4.69, 9.17) is 4.74 Å². The smallest absolute Gasteiger partial charge is 0.270 e. The largest absolute Gasteiger partial charge is 0.363 e. The Morgan fingerprint density at radius 1 is 1.28 bits per heavy atom. The standard InChI is InChI=1S/C18H19F2N3O2/c1-18(23-17(24)16-4-2-3-5-21-16)9-15(10-18)25-11-22-14-7-12(19)6-13(20)8-14/h2-8,15,22H,9-11H2,1H3,(H,23,24). The molecule has 0 bridgehead atoms. The van der Waals surface area contributed by atoms with Gasteiger partial charge in [-0.3, -0.25) is 9.78 Å². The third-order valence-corrected chi connectivity index (χ3v) is 4.13. The van der Waals surface area contributed by atoms with Gasteiger partial charge in [0.25, 0.3) is 5.91 Å². The maximum Gasteiger partial charge on any atom is 0.270 e. The van der Waals surface area contributed by atoms with Crippen molar-refractivity contribution in [3.63, 3.8) is 0 Å². The summed E-state index contributed by atoms with van der Waals surface area (Å²) in [6.45, 7) is 2.08. The number of halogens is 2. The fourth-order valence-electron chi connectivity index (χ4n) is 2.90. The van der Waals surface area contributed by atoms with E-state index in [0.717, 1.165) is 6.07 Å². The Morgan fingerprint density at radius 3 is 2.64 bits per heavy atom. The number of carbonyl (C=O) groups excluding carboxylic acids is 1. The summed E-state index contributed by atoms with van der Waals surface area (Å²) in [5.74, 6) is -1.50. The highest BCUT2D eigenvalue weighted by Gasteiger charge is 2.42. The Labute approximate surface area is 144 Å². The molecular formula is C18H19F2N3O2. The van der Waals surface area contributed by atoms with Gasteiger partial charge >= 0.3 is 0 Å². The van der Waals surface area contributed by atoms with Crippen molar-refractivity contribution in [3.8, 4) is 0 Å². The zero-order chi connectivity index (χ0) is 17.9. The lowest BCUT2D eigenvalue weighted by Crippen LogP contribution is -2.58. The number of anilines is 1. The Morgan fingerprint density at radius 2 is 2.00 bits per heavy atom. The van der Waals surface area contributed by atoms with Crippen LogP contribution in [0.1, 0.15) is 30.3 Å². The molecule has 1 heterocycles. The number of amides is 1. The first-order chi connectivity index (χ1) is 11.9. The quantitative estimate of drug-likeness (QED) is 0.788. The number of pyridine rings is 1. The average Bonchev–Trinajstić information content (AvgIpc) is 2.53. The molecule has 7 heteroatoms. The minimum absolute atomic E-state index is 0.0278. The normalized spacial score (nSPS) is 22.1. The van der Waals surface area contributed by atoms with Crippen molar-refractivity contribution in [2.24, 2.45) is 0 Å². The molecule has 25 heavy (non-hydrogen) atoms. The van der Waals surface area contributed by atoms with Gasteiger partial charge in [-0.2, -0.15) is 0 Å². The number of aromatic nitrogens is 1. The van der Waals surface area contributed by atoms with Gasteiger partial charge in [-0.1, -0.05) is 6.07 Å². The fourth-order valence-corrected chi connectivity index (χ4v) is 2.90. The number of hydrogen-bond acceptors (Lipinski definition) is 4. The Balaban J connectivity index is 1.42. The van der Waals surface area contributed by atoms with Crippen LogP contribution in [0.4, 0.5) is 14.5 Å². The van der Waals surface area contributed by atoms with Crippen LogP contribution in [0.5, 0.6) is 0 Å². The summed E-state index contributed by atoms with van der Waals surface area (Å²) in [6.07, 6.45) is 2.86. The third kappa shape index (κ3) is 4.51. The van der Waals surface area contributed by atoms with Crippen molar-refractivity contribution in [2.75, 3.05) is 12.0 Å². The van der Waals surface area contributed by atoms with Crippen LogP contribution in [-0.2, 0) is 4.74 Å². The first-order valence-corrected chi connectivity index (χ1v) is 7.99. The number of nitrogens with one attached hydrogen (secondary N) is 2.